The second kappa shape index (κ2) is 6.11. The molecular weight excluding hydrogens is 299 g/mol. The van der Waals surface area contributed by atoms with Gasteiger partial charge in [0.1, 0.15) is 5.82 Å². The Morgan fingerprint density at radius 2 is 2.28 bits per heavy atom. The van der Waals surface area contributed by atoms with E-state index in [9.17, 15) is 4.39 Å². The Labute approximate surface area is 114 Å². The second-order valence-electron chi connectivity index (χ2n) is 3.89. The van der Waals surface area contributed by atoms with Gasteiger partial charge in [0.25, 0.3) is 0 Å². The van der Waals surface area contributed by atoms with Crippen molar-refractivity contribution in [3.8, 4) is 11.3 Å². The molecule has 2 rings (SSSR count). The molecule has 1 N–H and O–H groups in total. The number of halogens is 2. The summed E-state index contributed by atoms with van der Waals surface area (Å²) in [5.74, 6) is 0.676. The number of rotatable bonds is 5. The zero-order valence-corrected chi connectivity index (χ0v) is 11.6. The summed E-state index contributed by atoms with van der Waals surface area (Å²) in [7, 11) is 0. The van der Waals surface area contributed by atoms with Crippen molar-refractivity contribution in [3.63, 3.8) is 0 Å². The van der Waals surface area contributed by atoms with Gasteiger partial charge in [-0.15, -0.1) is 0 Å². The summed E-state index contributed by atoms with van der Waals surface area (Å²) >= 11 is 3.31. The third-order valence-electron chi connectivity index (χ3n) is 2.47. The molecule has 0 radical (unpaired) electrons. The van der Waals surface area contributed by atoms with Crippen LogP contribution < -0.4 is 5.32 Å². The molecular formula is C13H14BrFN2O. The second-order valence-corrected chi connectivity index (χ2v) is 4.75. The lowest BCUT2D eigenvalue weighted by Gasteiger charge is -2.02. The average Bonchev–Trinajstić information content (AvgIpc) is 2.78. The molecule has 0 bridgehead atoms. The molecule has 0 saturated heterocycles. The zero-order valence-electron chi connectivity index (χ0n) is 10.0. The van der Waals surface area contributed by atoms with Crippen LogP contribution in [0.1, 0.15) is 19.2 Å². The number of benzene rings is 1. The fraction of sp³-hybridized carbons (Fsp3) is 0.308. The summed E-state index contributed by atoms with van der Waals surface area (Å²) in [4.78, 5) is 4.13. The van der Waals surface area contributed by atoms with Gasteiger partial charge in [-0.3, -0.25) is 0 Å². The molecule has 0 unspecified atom stereocenters. The highest BCUT2D eigenvalue weighted by Crippen LogP contribution is 2.31. The first-order valence-corrected chi connectivity index (χ1v) is 6.61. The zero-order chi connectivity index (χ0) is 13.0. The van der Waals surface area contributed by atoms with Gasteiger partial charge in [-0.25, -0.2) is 9.37 Å². The predicted molar refractivity (Wildman–Crippen MR) is 71.6 cm³/mol. The Kier molecular flexibility index (Phi) is 4.49. The van der Waals surface area contributed by atoms with Gasteiger partial charge in [0.05, 0.1) is 18.3 Å². The van der Waals surface area contributed by atoms with E-state index in [1.165, 1.54) is 6.07 Å². The molecule has 18 heavy (non-hydrogen) atoms. The first kappa shape index (κ1) is 13.2. The summed E-state index contributed by atoms with van der Waals surface area (Å²) in [5.41, 5.74) is 0.409. The van der Waals surface area contributed by atoms with E-state index >= 15 is 0 Å². The molecule has 0 aliphatic heterocycles. The number of aromatic nitrogens is 1. The SMILES string of the molecule is CCCNCc1ncc(-c2c(F)cccc2Br)o1. The van der Waals surface area contributed by atoms with Gasteiger partial charge in [-0.1, -0.05) is 13.0 Å². The van der Waals surface area contributed by atoms with E-state index in [0.717, 1.165) is 13.0 Å². The van der Waals surface area contributed by atoms with Gasteiger partial charge >= 0.3 is 0 Å². The average molecular weight is 313 g/mol. The van der Waals surface area contributed by atoms with Crippen LogP contribution in [0.25, 0.3) is 11.3 Å². The molecule has 0 spiro atoms. The summed E-state index contributed by atoms with van der Waals surface area (Å²) in [5, 5.41) is 3.18. The number of nitrogens with one attached hydrogen (secondary N) is 1. The van der Waals surface area contributed by atoms with Gasteiger partial charge < -0.3 is 9.73 Å². The highest BCUT2D eigenvalue weighted by Gasteiger charge is 2.13. The van der Waals surface area contributed by atoms with Crippen LogP contribution in [-0.2, 0) is 6.54 Å². The van der Waals surface area contributed by atoms with E-state index in [1.54, 1.807) is 18.3 Å². The van der Waals surface area contributed by atoms with Gasteiger partial charge in [0, 0.05) is 4.47 Å². The summed E-state index contributed by atoms with van der Waals surface area (Å²) in [6, 6.07) is 4.82. The minimum atomic E-state index is -0.325. The molecule has 0 saturated carbocycles. The standard InChI is InChI=1S/C13H14BrFN2O/c1-2-6-16-8-12-17-7-11(18-12)13-9(14)4-3-5-10(13)15/h3-5,7,16H,2,6,8H2,1H3. The molecule has 2 aromatic rings. The van der Waals surface area contributed by atoms with Crippen LogP contribution in [0.4, 0.5) is 4.39 Å². The van der Waals surface area contributed by atoms with Crippen molar-refractivity contribution >= 4 is 15.9 Å². The highest BCUT2D eigenvalue weighted by atomic mass is 79.9. The smallest absolute Gasteiger partial charge is 0.208 e. The monoisotopic (exact) mass is 312 g/mol. The fourth-order valence-electron chi connectivity index (χ4n) is 1.61. The van der Waals surface area contributed by atoms with Gasteiger partial charge in [-0.05, 0) is 41.0 Å². The normalized spacial score (nSPS) is 10.8. The first-order chi connectivity index (χ1) is 8.72. The Morgan fingerprint density at radius 3 is 3.00 bits per heavy atom. The fourth-order valence-corrected chi connectivity index (χ4v) is 2.15. The van der Waals surface area contributed by atoms with Crippen LogP contribution in [0.15, 0.2) is 33.3 Å². The van der Waals surface area contributed by atoms with Crippen molar-refractivity contribution in [1.82, 2.24) is 10.3 Å². The van der Waals surface area contributed by atoms with E-state index < -0.39 is 0 Å². The largest absolute Gasteiger partial charge is 0.439 e. The minimum absolute atomic E-state index is 0.325. The van der Waals surface area contributed by atoms with Gasteiger partial charge in [0.15, 0.2) is 5.76 Å². The number of nitrogens with zero attached hydrogens (tertiary/aromatic N) is 1. The van der Waals surface area contributed by atoms with Crippen molar-refractivity contribution < 1.29 is 8.81 Å². The van der Waals surface area contributed by atoms with Crippen LogP contribution in [0.3, 0.4) is 0 Å². The van der Waals surface area contributed by atoms with E-state index in [2.05, 4.69) is 33.2 Å². The minimum Gasteiger partial charge on any atom is -0.439 e. The molecule has 0 aliphatic carbocycles. The van der Waals surface area contributed by atoms with Crippen LogP contribution in [-0.4, -0.2) is 11.5 Å². The van der Waals surface area contributed by atoms with Crippen molar-refractivity contribution in [2.24, 2.45) is 0 Å². The lowest BCUT2D eigenvalue weighted by Crippen LogP contribution is -2.13. The molecule has 0 atom stereocenters. The maximum atomic E-state index is 13.7. The predicted octanol–water partition coefficient (Wildman–Crippen LogP) is 3.74. The van der Waals surface area contributed by atoms with Gasteiger partial charge in [-0.2, -0.15) is 0 Å². The van der Waals surface area contributed by atoms with Crippen molar-refractivity contribution in [1.29, 1.82) is 0 Å². The third-order valence-corrected chi connectivity index (χ3v) is 3.13. The maximum absolute atomic E-state index is 13.7. The Bertz CT molecular complexity index is 507. The number of hydrogen-bond donors (Lipinski definition) is 1. The number of hydrogen-bond acceptors (Lipinski definition) is 3. The molecule has 0 fully saturated rings. The van der Waals surface area contributed by atoms with Crippen LogP contribution in [0, 0.1) is 5.82 Å². The Morgan fingerprint density at radius 1 is 1.44 bits per heavy atom. The van der Waals surface area contributed by atoms with E-state index in [4.69, 9.17) is 4.42 Å². The molecule has 1 aromatic heterocycles. The third kappa shape index (κ3) is 2.97. The molecule has 3 nitrogen and oxygen atoms in total. The molecule has 96 valence electrons. The molecule has 0 aliphatic rings. The number of oxazole rings is 1. The Hall–Kier alpha value is -1.20. The van der Waals surface area contributed by atoms with Crippen LogP contribution in [0.2, 0.25) is 0 Å². The van der Waals surface area contributed by atoms with Crippen molar-refractivity contribution in [2.75, 3.05) is 6.54 Å². The van der Waals surface area contributed by atoms with E-state index in [-0.39, 0.29) is 5.82 Å². The summed E-state index contributed by atoms with van der Waals surface area (Å²) < 4.78 is 19.9. The molecule has 1 heterocycles. The molecule has 0 amide bonds. The Balaban J connectivity index is 2.19. The van der Waals surface area contributed by atoms with E-state index in [1.807, 2.05) is 0 Å². The molecule has 1 aromatic carbocycles. The topological polar surface area (TPSA) is 38.1 Å². The van der Waals surface area contributed by atoms with Crippen molar-refractivity contribution in [2.45, 2.75) is 19.9 Å². The lowest BCUT2D eigenvalue weighted by molar-refractivity contribution is 0.475. The summed E-state index contributed by atoms with van der Waals surface area (Å²) in [6.07, 6.45) is 2.60. The first-order valence-electron chi connectivity index (χ1n) is 5.82. The van der Waals surface area contributed by atoms with Crippen molar-refractivity contribution in [3.05, 3.63) is 40.6 Å². The van der Waals surface area contributed by atoms with Crippen LogP contribution in [0.5, 0.6) is 0 Å². The highest BCUT2D eigenvalue weighted by molar-refractivity contribution is 9.10. The maximum Gasteiger partial charge on any atom is 0.208 e. The lowest BCUT2D eigenvalue weighted by atomic mass is 10.2. The van der Waals surface area contributed by atoms with Gasteiger partial charge in [0.2, 0.25) is 5.89 Å². The summed E-state index contributed by atoms with van der Waals surface area (Å²) in [6.45, 7) is 3.55. The van der Waals surface area contributed by atoms with E-state index in [0.29, 0.717) is 28.2 Å². The quantitative estimate of drug-likeness (QED) is 0.855. The van der Waals surface area contributed by atoms with Crippen LogP contribution >= 0.6 is 15.9 Å². The molecule has 5 heteroatoms.